The number of esters is 1. The molecule has 1 heterocycles. The molecule has 0 spiro atoms. The maximum atomic E-state index is 12.2. The van der Waals surface area contributed by atoms with Crippen LogP contribution >= 0.6 is 0 Å². The second-order valence-corrected chi connectivity index (χ2v) is 8.90. The quantitative estimate of drug-likeness (QED) is 0.265. The van der Waals surface area contributed by atoms with Crippen molar-refractivity contribution in [3.8, 4) is 22.6 Å². The van der Waals surface area contributed by atoms with Gasteiger partial charge in [-0.1, -0.05) is 84.9 Å². The number of oxazole rings is 1. The SMILES string of the molecule is COC(=O)c1ccccc1CCC1CCCC=C1c1nc(-c2ccccc2)c(-c2ccccc2)o1. The van der Waals surface area contributed by atoms with Gasteiger partial charge in [0, 0.05) is 16.7 Å². The largest absolute Gasteiger partial charge is 0.465 e. The van der Waals surface area contributed by atoms with Crippen LogP contribution < -0.4 is 0 Å². The molecule has 0 bridgehead atoms. The van der Waals surface area contributed by atoms with Crippen molar-refractivity contribution in [2.24, 2.45) is 5.92 Å². The molecule has 4 aromatic rings. The van der Waals surface area contributed by atoms with E-state index in [2.05, 4.69) is 30.3 Å². The Morgan fingerprint density at radius 3 is 2.37 bits per heavy atom. The summed E-state index contributed by atoms with van der Waals surface area (Å²) in [5.41, 5.74) is 5.77. The summed E-state index contributed by atoms with van der Waals surface area (Å²) in [5.74, 6) is 1.54. The molecule has 1 aliphatic rings. The number of hydrogen-bond donors (Lipinski definition) is 0. The standard InChI is InChI=1S/C31H29NO3/c1-34-31(33)27-19-11-9-13-23(27)21-20-22-12-8-10-18-26(22)30-32-28(24-14-4-2-5-15-24)29(35-30)25-16-6-3-7-17-25/h2-7,9,11,13-19,22H,8,10,12,20-21H2,1H3. The Balaban J connectivity index is 1.47. The summed E-state index contributed by atoms with van der Waals surface area (Å²) in [6, 6.07) is 28.1. The van der Waals surface area contributed by atoms with Crippen molar-refractivity contribution >= 4 is 11.5 Å². The predicted molar refractivity (Wildman–Crippen MR) is 139 cm³/mol. The summed E-state index contributed by atoms with van der Waals surface area (Å²) in [7, 11) is 1.43. The van der Waals surface area contributed by atoms with Crippen LogP contribution in [0.1, 0.15) is 47.5 Å². The Morgan fingerprint density at radius 1 is 0.943 bits per heavy atom. The fourth-order valence-electron chi connectivity index (χ4n) is 4.90. The van der Waals surface area contributed by atoms with E-state index in [-0.39, 0.29) is 5.97 Å². The maximum absolute atomic E-state index is 12.2. The minimum Gasteiger partial charge on any atom is -0.465 e. The molecule has 0 radical (unpaired) electrons. The van der Waals surface area contributed by atoms with Crippen molar-refractivity contribution in [3.05, 3.63) is 108 Å². The molecule has 0 amide bonds. The van der Waals surface area contributed by atoms with Crippen LogP contribution in [0.5, 0.6) is 0 Å². The molecule has 1 aromatic heterocycles. The lowest BCUT2D eigenvalue weighted by atomic mass is 9.83. The van der Waals surface area contributed by atoms with Gasteiger partial charge in [0.15, 0.2) is 5.76 Å². The summed E-state index contributed by atoms with van der Waals surface area (Å²) in [4.78, 5) is 17.3. The number of benzene rings is 3. The van der Waals surface area contributed by atoms with E-state index in [1.807, 2.05) is 60.7 Å². The zero-order valence-corrected chi connectivity index (χ0v) is 19.9. The molecule has 5 rings (SSSR count). The monoisotopic (exact) mass is 463 g/mol. The fraction of sp³-hybridized carbons (Fsp3) is 0.226. The van der Waals surface area contributed by atoms with Crippen LogP contribution in [-0.2, 0) is 11.2 Å². The summed E-state index contributed by atoms with van der Waals surface area (Å²) < 4.78 is 11.5. The highest BCUT2D eigenvalue weighted by Crippen LogP contribution is 2.40. The number of rotatable bonds is 7. The van der Waals surface area contributed by atoms with Gasteiger partial charge in [-0.05, 0) is 49.7 Å². The predicted octanol–water partition coefficient (Wildman–Crippen LogP) is 7.61. The first-order valence-electron chi connectivity index (χ1n) is 12.2. The fourth-order valence-corrected chi connectivity index (χ4v) is 4.90. The van der Waals surface area contributed by atoms with Crippen molar-refractivity contribution in [3.63, 3.8) is 0 Å². The third-order valence-electron chi connectivity index (χ3n) is 6.70. The van der Waals surface area contributed by atoms with Gasteiger partial charge >= 0.3 is 5.97 Å². The smallest absolute Gasteiger partial charge is 0.338 e. The van der Waals surface area contributed by atoms with E-state index in [0.29, 0.717) is 17.4 Å². The van der Waals surface area contributed by atoms with Crippen LogP contribution in [0.3, 0.4) is 0 Å². The van der Waals surface area contributed by atoms with Gasteiger partial charge in [-0.15, -0.1) is 0 Å². The number of carbonyl (C=O) groups is 1. The minimum atomic E-state index is -0.285. The van der Waals surface area contributed by atoms with Crippen LogP contribution in [0.2, 0.25) is 0 Å². The zero-order chi connectivity index (χ0) is 24.0. The van der Waals surface area contributed by atoms with E-state index in [4.69, 9.17) is 14.1 Å². The van der Waals surface area contributed by atoms with Gasteiger partial charge in [0.05, 0.1) is 12.7 Å². The van der Waals surface area contributed by atoms with Gasteiger partial charge in [0.1, 0.15) is 5.69 Å². The second-order valence-electron chi connectivity index (χ2n) is 8.90. The highest BCUT2D eigenvalue weighted by molar-refractivity contribution is 5.91. The highest BCUT2D eigenvalue weighted by Gasteiger charge is 2.26. The Bertz CT molecular complexity index is 1260. The Kier molecular flexibility index (Phi) is 6.89. The van der Waals surface area contributed by atoms with Gasteiger partial charge in [0.2, 0.25) is 5.89 Å². The van der Waals surface area contributed by atoms with Crippen LogP contribution in [0.15, 0.2) is 95.4 Å². The van der Waals surface area contributed by atoms with Gasteiger partial charge in [-0.3, -0.25) is 0 Å². The molecule has 4 nitrogen and oxygen atoms in total. The number of ether oxygens (including phenoxy) is 1. The van der Waals surface area contributed by atoms with E-state index in [9.17, 15) is 4.79 Å². The molecule has 1 unspecified atom stereocenters. The lowest BCUT2D eigenvalue weighted by Crippen LogP contribution is -2.11. The Hall–Kier alpha value is -3.92. The Labute approximate surface area is 206 Å². The lowest BCUT2D eigenvalue weighted by Gasteiger charge is -2.22. The lowest BCUT2D eigenvalue weighted by molar-refractivity contribution is 0.0599. The topological polar surface area (TPSA) is 52.3 Å². The molecule has 0 fully saturated rings. The van der Waals surface area contributed by atoms with Gasteiger partial charge in [0.25, 0.3) is 0 Å². The molecule has 0 aliphatic heterocycles. The molecule has 3 aromatic carbocycles. The molecule has 0 saturated heterocycles. The minimum absolute atomic E-state index is 0.285. The molecule has 1 atom stereocenters. The number of hydrogen-bond acceptors (Lipinski definition) is 4. The van der Waals surface area contributed by atoms with Gasteiger partial charge in [-0.2, -0.15) is 0 Å². The van der Waals surface area contributed by atoms with Crippen molar-refractivity contribution < 1.29 is 13.9 Å². The molecule has 0 N–H and O–H groups in total. The number of aromatic nitrogens is 1. The van der Waals surface area contributed by atoms with Gasteiger partial charge in [-0.25, -0.2) is 9.78 Å². The summed E-state index contributed by atoms with van der Waals surface area (Å²) >= 11 is 0. The van der Waals surface area contributed by atoms with Crippen molar-refractivity contribution in [2.45, 2.75) is 32.1 Å². The number of methoxy groups -OCH3 is 1. The third kappa shape index (κ3) is 4.97. The number of carbonyl (C=O) groups excluding carboxylic acids is 1. The van der Waals surface area contributed by atoms with Crippen LogP contribution in [0.25, 0.3) is 28.2 Å². The highest BCUT2D eigenvalue weighted by atomic mass is 16.5. The molecular formula is C31H29NO3. The molecule has 176 valence electrons. The summed E-state index contributed by atoms with van der Waals surface area (Å²) in [6.45, 7) is 0. The van der Waals surface area contributed by atoms with E-state index in [1.54, 1.807) is 0 Å². The number of allylic oxidation sites excluding steroid dienone is 2. The Morgan fingerprint density at radius 2 is 1.63 bits per heavy atom. The van der Waals surface area contributed by atoms with E-state index in [1.165, 1.54) is 12.7 Å². The average Bonchev–Trinajstić information content (AvgIpc) is 3.38. The summed E-state index contributed by atoms with van der Waals surface area (Å²) in [5, 5.41) is 0. The molecule has 4 heteroatoms. The number of nitrogens with zero attached hydrogens (tertiary/aromatic N) is 1. The van der Waals surface area contributed by atoms with Crippen LogP contribution in [0.4, 0.5) is 0 Å². The first-order chi connectivity index (χ1) is 17.2. The molecule has 35 heavy (non-hydrogen) atoms. The van der Waals surface area contributed by atoms with E-state index < -0.39 is 0 Å². The van der Waals surface area contributed by atoms with E-state index in [0.717, 1.165) is 60.2 Å². The molecule has 0 saturated carbocycles. The molecular weight excluding hydrogens is 434 g/mol. The van der Waals surface area contributed by atoms with Crippen LogP contribution in [-0.4, -0.2) is 18.1 Å². The van der Waals surface area contributed by atoms with Gasteiger partial charge < -0.3 is 9.15 Å². The average molecular weight is 464 g/mol. The normalized spacial score (nSPS) is 15.5. The molecule has 1 aliphatic carbocycles. The second kappa shape index (κ2) is 10.6. The number of aryl methyl sites for hydroxylation is 1. The zero-order valence-electron chi connectivity index (χ0n) is 19.9. The summed E-state index contributed by atoms with van der Waals surface area (Å²) in [6.07, 6.45) is 7.25. The van der Waals surface area contributed by atoms with E-state index >= 15 is 0 Å². The van der Waals surface area contributed by atoms with Crippen molar-refractivity contribution in [1.82, 2.24) is 4.98 Å². The third-order valence-corrected chi connectivity index (χ3v) is 6.70. The van der Waals surface area contributed by atoms with Crippen LogP contribution in [0, 0.1) is 5.92 Å². The first kappa shape index (κ1) is 22.9. The van der Waals surface area contributed by atoms with Crippen molar-refractivity contribution in [2.75, 3.05) is 7.11 Å². The maximum Gasteiger partial charge on any atom is 0.338 e. The first-order valence-corrected chi connectivity index (χ1v) is 12.2. The van der Waals surface area contributed by atoms with Crippen molar-refractivity contribution in [1.29, 1.82) is 0 Å².